The van der Waals surface area contributed by atoms with Gasteiger partial charge in [-0.15, -0.1) is 0 Å². The van der Waals surface area contributed by atoms with Crippen LogP contribution in [0.25, 0.3) is 0 Å². The highest BCUT2D eigenvalue weighted by Crippen LogP contribution is 2.28. The Kier molecular flexibility index (Phi) is 7.38. The number of nitrogens with zero attached hydrogens (tertiary/aromatic N) is 3. The van der Waals surface area contributed by atoms with Gasteiger partial charge in [0, 0.05) is 24.1 Å². The first-order valence-corrected chi connectivity index (χ1v) is 12.2. The molecule has 3 heterocycles. The number of benzene rings is 1. The van der Waals surface area contributed by atoms with Gasteiger partial charge in [0.25, 0.3) is 10.1 Å². The largest absolute Gasteiger partial charge is 0.447 e. The molecule has 2 aliphatic rings. The first kappa shape index (κ1) is 24.0. The highest BCUT2D eigenvalue weighted by Gasteiger charge is 2.38. The molecule has 0 saturated carbocycles. The predicted molar refractivity (Wildman–Crippen MR) is 122 cm³/mol. The molecule has 2 aromatic rings. The highest BCUT2D eigenvalue weighted by atomic mass is 32.2. The van der Waals surface area contributed by atoms with Crippen LogP contribution in [-0.4, -0.2) is 74.4 Å². The quantitative estimate of drug-likeness (QED) is 0.239. The number of amides is 1. The summed E-state index contributed by atoms with van der Waals surface area (Å²) in [6.07, 6.45) is -0.359. The van der Waals surface area contributed by atoms with E-state index >= 15 is 0 Å². The Hall–Kier alpha value is -3.10. The third kappa shape index (κ3) is 5.87. The Morgan fingerprint density at radius 2 is 1.94 bits per heavy atom. The van der Waals surface area contributed by atoms with Gasteiger partial charge < -0.3 is 14.4 Å². The lowest BCUT2D eigenvalue weighted by molar-refractivity contribution is -0.118. The zero-order chi connectivity index (χ0) is 24.1. The van der Waals surface area contributed by atoms with E-state index in [9.17, 15) is 22.6 Å². The van der Waals surface area contributed by atoms with Gasteiger partial charge in [0.2, 0.25) is 0 Å². The SMILES string of the molecule is O=CC1O[C@H](C(NCc2ccccn2)NCS(=O)(=O)O)CN1c1ccc(N2CCOC2=O)cc1. The number of pyridine rings is 1. The lowest BCUT2D eigenvalue weighted by Crippen LogP contribution is -2.53. The third-order valence-electron chi connectivity index (χ3n) is 5.45. The van der Waals surface area contributed by atoms with E-state index in [1.54, 1.807) is 47.5 Å². The van der Waals surface area contributed by atoms with Gasteiger partial charge in [0.15, 0.2) is 12.5 Å². The monoisotopic (exact) mass is 491 g/mol. The van der Waals surface area contributed by atoms with Crippen molar-refractivity contribution < 1.29 is 32.0 Å². The molecule has 0 bridgehead atoms. The molecule has 2 unspecified atom stereocenters. The number of nitrogens with one attached hydrogen (secondary N) is 2. The molecular weight excluding hydrogens is 466 g/mol. The van der Waals surface area contributed by atoms with E-state index < -0.39 is 40.6 Å². The van der Waals surface area contributed by atoms with E-state index in [1.165, 1.54) is 4.90 Å². The minimum Gasteiger partial charge on any atom is -0.447 e. The van der Waals surface area contributed by atoms with Crippen molar-refractivity contribution >= 4 is 33.9 Å². The summed E-state index contributed by atoms with van der Waals surface area (Å²) in [6.45, 7) is 1.36. The number of hydrogen-bond acceptors (Lipinski definition) is 10. The molecule has 4 rings (SSSR count). The van der Waals surface area contributed by atoms with Crippen molar-refractivity contribution in [2.75, 3.05) is 35.4 Å². The van der Waals surface area contributed by atoms with Gasteiger partial charge in [-0.1, -0.05) is 6.07 Å². The van der Waals surface area contributed by atoms with Crippen LogP contribution in [0.3, 0.4) is 0 Å². The molecule has 182 valence electrons. The number of rotatable bonds is 10. The first-order valence-electron chi connectivity index (χ1n) is 10.6. The Morgan fingerprint density at radius 1 is 1.18 bits per heavy atom. The van der Waals surface area contributed by atoms with E-state index in [0.717, 1.165) is 5.69 Å². The van der Waals surface area contributed by atoms with Gasteiger partial charge in [0.1, 0.15) is 18.6 Å². The van der Waals surface area contributed by atoms with Crippen molar-refractivity contribution in [3.63, 3.8) is 0 Å². The van der Waals surface area contributed by atoms with E-state index in [0.29, 0.717) is 37.4 Å². The first-order chi connectivity index (χ1) is 16.3. The summed E-state index contributed by atoms with van der Waals surface area (Å²) < 4.78 is 42.6. The topological polar surface area (TPSA) is 150 Å². The van der Waals surface area contributed by atoms with Crippen molar-refractivity contribution in [1.29, 1.82) is 0 Å². The van der Waals surface area contributed by atoms with Gasteiger partial charge >= 0.3 is 6.09 Å². The number of anilines is 2. The Bertz CT molecular complexity index is 1100. The number of hydrogen-bond donors (Lipinski definition) is 3. The fourth-order valence-corrected chi connectivity index (χ4v) is 4.22. The number of aromatic nitrogens is 1. The third-order valence-corrected chi connectivity index (χ3v) is 5.99. The molecule has 12 nitrogen and oxygen atoms in total. The van der Waals surface area contributed by atoms with Crippen LogP contribution in [0, 0.1) is 0 Å². The van der Waals surface area contributed by atoms with Gasteiger partial charge in [-0.3, -0.25) is 29.9 Å². The van der Waals surface area contributed by atoms with Crippen LogP contribution in [0.15, 0.2) is 48.7 Å². The van der Waals surface area contributed by atoms with Crippen molar-refractivity contribution in [1.82, 2.24) is 15.6 Å². The summed E-state index contributed by atoms with van der Waals surface area (Å²) in [4.78, 5) is 31.0. The lowest BCUT2D eigenvalue weighted by Gasteiger charge is -2.25. The fraction of sp³-hybridized carbons (Fsp3) is 0.381. The van der Waals surface area contributed by atoms with Crippen molar-refractivity contribution in [3.8, 4) is 0 Å². The molecule has 3 atom stereocenters. The molecule has 0 radical (unpaired) electrons. The second-order valence-corrected chi connectivity index (χ2v) is 9.20. The van der Waals surface area contributed by atoms with E-state index in [4.69, 9.17) is 9.47 Å². The van der Waals surface area contributed by atoms with E-state index in [1.807, 2.05) is 6.07 Å². The summed E-state index contributed by atoms with van der Waals surface area (Å²) in [5, 5.41) is 5.88. The van der Waals surface area contributed by atoms with Crippen LogP contribution in [0.4, 0.5) is 16.2 Å². The maximum Gasteiger partial charge on any atom is 0.414 e. The fourth-order valence-electron chi connectivity index (χ4n) is 3.83. The second kappa shape index (κ2) is 10.4. The van der Waals surface area contributed by atoms with Crippen molar-refractivity contribution in [2.45, 2.75) is 25.0 Å². The van der Waals surface area contributed by atoms with Gasteiger partial charge in [-0.25, -0.2) is 4.79 Å². The molecule has 34 heavy (non-hydrogen) atoms. The Balaban J connectivity index is 1.48. The summed E-state index contributed by atoms with van der Waals surface area (Å²) in [5.74, 6) is -0.695. The van der Waals surface area contributed by atoms with Crippen LogP contribution in [0.1, 0.15) is 5.69 Å². The molecule has 3 N–H and O–H groups in total. The Labute approximate surface area is 196 Å². The van der Waals surface area contributed by atoms with Crippen LogP contribution in [0.5, 0.6) is 0 Å². The van der Waals surface area contributed by atoms with Gasteiger partial charge in [-0.2, -0.15) is 8.42 Å². The average Bonchev–Trinajstić information content (AvgIpc) is 3.45. The molecule has 1 amide bonds. The molecule has 1 aromatic heterocycles. The van der Waals surface area contributed by atoms with Crippen LogP contribution < -0.4 is 20.4 Å². The molecular formula is C21H25N5O7S. The summed E-state index contributed by atoms with van der Waals surface area (Å²) in [7, 11) is -4.28. The van der Waals surface area contributed by atoms with E-state index in [2.05, 4.69) is 15.6 Å². The molecule has 0 spiro atoms. The zero-order valence-corrected chi connectivity index (χ0v) is 18.9. The normalized spacial score (nSPS) is 21.5. The lowest BCUT2D eigenvalue weighted by atomic mass is 10.2. The predicted octanol–water partition coefficient (Wildman–Crippen LogP) is 0.319. The van der Waals surface area contributed by atoms with Crippen LogP contribution >= 0.6 is 0 Å². The van der Waals surface area contributed by atoms with Crippen molar-refractivity contribution in [2.24, 2.45) is 0 Å². The highest BCUT2D eigenvalue weighted by molar-refractivity contribution is 7.85. The molecule has 13 heteroatoms. The smallest absolute Gasteiger partial charge is 0.414 e. The maximum atomic E-state index is 11.8. The Morgan fingerprint density at radius 3 is 2.56 bits per heavy atom. The van der Waals surface area contributed by atoms with Crippen molar-refractivity contribution in [3.05, 3.63) is 54.4 Å². The van der Waals surface area contributed by atoms with E-state index in [-0.39, 0.29) is 6.54 Å². The molecule has 0 aliphatic carbocycles. The summed E-state index contributed by atoms with van der Waals surface area (Å²) in [6, 6.07) is 12.5. The van der Waals surface area contributed by atoms with Crippen LogP contribution in [-0.2, 0) is 30.9 Å². The number of carbonyl (C=O) groups is 2. The molecule has 1 aromatic carbocycles. The molecule has 2 fully saturated rings. The average molecular weight is 492 g/mol. The molecule has 2 aliphatic heterocycles. The summed E-state index contributed by atoms with van der Waals surface area (Å²) >= 11 is 0. The number of carbonyl (C=O) groups excluding carboxylic acids is 2. The minimum absolute atomic E-state index is 0.257. The minimum atomic E-state index is -4.28. The number of aldehydes is 1. The zero-order valence-electron chi connectivity index (χ0n) is 18.1. The second-order valence-electron chi connectivity index (χ2n) is 7.75. The van der Waals surface area contributed by atoms with Gasteiger partial charge in [0.05, 0.1) is 24.9 Å². The standard InChI is InChI=1S/C21H25N5O7S/c27-13-19-26(17-6-4-16(5-7-17)25-9-10-32-21(25)28)12-18(33-19)20(24-14-34(29,30)31)23-11-15-3-1-2-8-22-15/h1-8,13,18-20,23-24H,9-12,14H2,(H,29,30,31)/t18-,19?,20?/m0/s1. The number of cyclic esters (lactones) is 1. The summed E-state index contributed by atoms with van der Waals surface area (Å²) in [5.41, 5.74) is 2.09. The van der Waals surface area contributed by atoms with Gasteiger partial charge in [-0.05, 0) is 36.4 Å². The maximum absolute atomic E-state index is 11.8. The molecule has 2 saturated heterocycles. The van der Waals surface area contributed by atoms with Crippen LogP contribution in [0.2, 0.25) is 0 Å². The number of ether oxygens (including phenoxy) is 2.